The molecule has 2 aliphatic rings. The highest BCUT2D eigenvalue weighted by atomic mass is 19.4. The zero-order chi connectivity index (χ0) is 19.0. The molecular formula is C17H17F6N3. The van der Waals surface area contributed by atoms with Crippen LogP contribution >= 0.6 is 0 Å². The Morgan fingerprint density at radius 2 is 1.65 bits per heavy atom. The van der Waals surface area contributed by atoms with Crippen molar-refractivity contribution < 1.29 is 26.3 Å². The monoisotopic (exact) mass is 377 g/mol. The van der Waals surface area contributed by atoms with Crippen molar-refractivity contribution in [1.82, 2.24) is 4.90 Å². The smallest absolute Gasteiger partial charge is 0.285 e. The molecule has 1 fully saturated rings. The number of rotatable bonds is 2. The molecule has 0 radical (unpaired) electrons. The van der Waals surface area contributed by atoms with Crippen LogP contribution in [0.5, 0.6) is 0 Å². The standard InChI is InChI=1S/C17H17F6N3/c18-16(19,20)14-4-2-1-3-13(14)12-5-9-26(10-6-12)15(17(21,22)23)7-8-24-25-11-15/h1-4,7-8,12H,5-6,9-11H2. The first-order valence-electron chi connectivity index (χ1n) is 8.17. The number of azo groups is 1. The Kier molecular flexibility index (Phi) is 4.85. The Morgan fingerprint density at radius 3 is 2.19 bits per heavy atom. The Labute approximate surface area is 146 Å². The lowest BCUT2D eigenvalue weighted by Crippen LogP contribution is -2.61. The first-order chi connectivity index (χ1) is 12.2. The lowest BCUT2D eigenvalue weighted by atomic mass is 9.83. The molecule has 1 unspecified atom stereocenters. The van der Waals surface area contributed by atoms with E-state index in [1.807, 2.05) is 0 Å². The maximum Gasteiger partial charge on any atom is 0.416 e. The summed E-state index contributed by atoms with van der Waals surface area (Å²) in [4.78, 5) is 1.26. The minimum atomic E-state index is -4.54. The van der Waals surface area contributed by atoms with Crippen LogP contribution < -0.4 is 0 Å². The predicted octanol–water partition coefficient (Wildman–Crippen LogP) is 5.17. The molecule has 0 spiro atoms. The highest BCUT2D eigenvalue weighted by molar-refractivity contribution is 5.33. The van der Waals surface area contributed by atoms with Gasteiger partial charge in [0.15, 0.2) is 5.54 Å². The molecule has 0 aromatic heterocycles. The number of alkyl halides is 6. The van der Waals surface area contributed by atoms with Crippen molar-refractivity contribution in [1.29, 1.82) is 0 Å². The quantitative estimate of drug-likeness (QED) is 0.654. The van der Waals surface area contributed by atoms with Gasteiger partial charge in [-0.05, 0) is 49.6 Å². The van der Waals surface area contributed by atoms with Crippen LogP contribution in [0, 0.1) is 0 Å². The van der Waals surface area contributed by atoms with Crippen LogP contribution in [0.2, 0.25) is 0 Å². The van der Waals surface area contributed by atoms with Gasteiger partial charge in [0.25, 0.3) is 0 Å². The summed E-state index contributed by atoms with van der Waals surface area (Å²) in [6.07, 6.45) is -6.56. The number of hydrogen-bond acceptors (Lipinski definition) is 3. The number of nitrogens with zero attached hydrogens (tertiary/aromatic N) is 3. The van der Waals surface area contributed by atoms with Crippen molar-refractivity contribution in [3.8, 4) is 0 Å². The number of hydrogen-bond donors (Lipinski definition) is 0. The summed E-state index contributed by atoms with van der Waals surface area (Å²) in [6.45, 7) is -0.455. The fraction of sp³-hybridized carbons (Fsp3) is 0.529. The van der Waals surface area contributed by atoms with Gasteiger partial charge in [0, 0.05) is 6.20 Å². The Morgan fingerprint density at radius 1 is 1.00 bits per heavy atom. The molecule has 1 aromatic carbocycles. The third-order valence-corrected chi connectivity index (χ3v) is 5.07. The van der Waals surface area contributed by atoms with E-state index in [2.05, 4.69) is 10.2 Å². The first-order valence-corrected chi connectivity index (χ1v) is 8.17. The maximum atomic E-state index is 13.7. The number of benzene rings is 1. The number of piperidine rings is 1. The summed E-state index contributed by atoms with van der Waals surface area (Å²) < 4.78 is 80.6. The molecule has 9 heteroatoms. The van der Waals surface area contributed by atoms with Crippen molar-refractivity contribution in [3.63, 3.8) is 0 Å². The molecule has 0 bridgehead atoms. The van der Waals surface area contributed by atoms with E-state index in [4.69, 9.17) is 0 Å². The van der Waals surface area contributed by atoms with E-state index in [-0.39, 0.29) is 31.5 Å². The van der Waals surface area contributed by atoms with Crippen LogP contribution in [0.15, 0.2) is 46.8 Å². The van der Waals surface area contributed by atoms with Gasteiger partial charge in [-0.1, -0.05) is 18.2 Å². The Hall–Kier alpha value is -1.90. The topological polar surface area (TPSA) is 28.0 Å². The number of halogens is 6. The van der Waals surface area contributed by atoms with Gasteiger partial charge in [0.05, 0.1) is 12.1 Å². The summed E-state index contributed by atoms with van der Waals surface area (Å²) in [6, 6.07) is 5.27. The van der Waals surface area contributed by atoms with Crippen molar-refractivity contribution in [2.24, 2.45) is 10.2 Å². The summed E-state index contributed by atoms with van der Waals surface area (Å²) in [5.41, 5.74) is -2.79. The third kappa shape index (κ3) is 3.36. The van der Waals surface area contributed by atoms with Gasteiger partial charge in [-0.2, -0.15) is 36.6 Å². The van der Waals surface area contributed by atoms with E-state index in [0.717, 1.165) is 18.3 Å². The highest BCUT2D eigenvalue weighted by Gasteiger charge is 2.58. The van der Waals surface area contributed by atoms with Gasteiger partial charge >= 0.3 is 12.4 Å². The molecule has 2 heterocycles. The molecule has 1 saturated heterocycles. The van der Waals surface area contributed by atoms with E-state index in [1.54, 1.807) is 0 Å². The van der Waals surface area contributed by atoms with Crippen molar-refractivity contribution in [2.45, 2.75) is 36.7 Å². The van der Waals surface area contributed by atoms with E-state index in [1.165, 1.54) is 23.1 Å². The van der Waals surface area contributed by atoms with E-state index in [0.29, 0.717) is 0 Å². The van der Waals surface area contributed by atoms with E-state index in [9.17, 15) is 26.3 Å². The van der Waals surface area contributed by atoms with Crippen LogP contribution in [0.4, 0.5) is 26.3 Å². The van der Waals surface area contributed by atoms with Crippen LogP contribution in [-0.4, -0.2) is 36.2 Å². The fourth-order valence-corrected chi connectivity index (χ4v) is 3.67. The summed E-state index contributed by atoms with van der Waals surface area (Å²) in [5.74, 6) is -0.427. The molecule has 0 amide bonds. The fourth-order valence-electron chi connectivity index (χ4n) is 3.67. The molecule has 142 valence electrons. The molecule has 1 aromatic rings. The van der Waals surface area contributed by atoms with E-state index >= 15 is 0 Å². The second-order valence-corrected chi connectivity index (χ2v) is 6.50. The largest absolute Gasteiger partial charge is 0.416 e. The van der Waals surface area contributed by atoms with Crippen LogP contribution in [-0.2, 0) is 6.18 Å². The van der Waals surface area contributed by atoms with Crippen molar-refractivity contribution in [2.75, 3.05) is 19.6 Å². The van der Waals surface area contributed by atoms with Crippen LogP contribution in [0.1, 0.15) is 29.9 Å². The molecule has 0 aliphatic carbocycles. The molecule has 3 rings (SSSR count). The van der Waals surface area contributed by atoms with Crippen molar-refractivity contribution in [3.05, 3.63) is 47.7 Å². The van der Waals surface area contributed by atoms with E-state index < -0.39 is 35.9 Å². The zero-order valence-corrected chi connectivity index (χ0v) is 13.7. The molecule has 0 N–H and O–H groups in total. The molecule has 0 saturated carbocycles. The predicted molar refractivity (Wildman–Crippen MR) is 82.6 cm³/mol. The van der Waals surface area contributed by atoms with Gasteiger partial charge in [-0.25, -0.2) is 0 Å². The summed E-state index contributed by atoms with van der Waals surface area (Å²) in [7, 11) is 0. The Balaban J connectivity index is 1.80. The van der Waals surface area contributed by atoms with Gasteiger partial charge in [-0.15, -0.1) is 0 Å². The van der Waals surface area contributed by atoms with Gasteiger partial charge in [-0.3, -0.25) is 4.90 Å². The third-order valence-electron chi connectivity index (χ3n) is 5.07. The molecule has 2 aliphatic heterocycles. The second-order valence-electron chi connectivity index (χ2n) is 6.50. The second kappa shape index (κ2) is 6.68. The SMILES string of the molecule is FC(F)(F)c1ccccc1C1CCN(C2(C(F)(F)F)C=CN=NC2)CC1. The average molecular weight is 377 g/mol. The lowest BCUT2D eigenvalue weighted by Gasteiger charge is -2.45. The minimum Gasteiger partial charge on any atom is -0.285 e. The van der Waals surface area contributed by atoms with Crippen LogP contribution in [0.25, 0.3) is 0 Å². The summed E-state index contributed by atoms with van der Waals surface area (Å²) in [5, 5.41) is 7.00. The molecule has 26 heavy (non-hydrogen) atoms. The maximum absolute atomic E-state index is 13.7. The highest BCUT2D eigenvalue weighted by Crippen LogP contribution is 2.43. The number of likely N-dealkylation sites (tertiary alicyclic amines) is 1. The van der Waals surface area contributed by atoms with Crippen LogP contribution in [0.3, 0.4) is 0 Å². The van der Waals surface area contributed by atoms with Gasteiger partial charge < -0.3 is 0 Å². The molecule has 1 atom stereocenters. The van der Waals surface area contributed by atoms with Gasteiger partial charge in [0.2, 0.25) is 0 Å². The molecule has 3 nitrogen and oxygen atoms in total. The Bertz CT molecular complexity index is 701. The minimum absolute atomic E-state index is 0.0379. The van der Waals surface area contributed by atoms with Crippen molar-refractivity contribution >= 4 is 0 Å². The first kappa shape index (κ1) is 18.9. The molecular weight excluding hydrogens is 360 g/mol. The normalized spacial score (nSPS) is 25.6. The van der Waals surface area contributed by atoms with Gasteiger partial charge in [0.1, 0.15) is 0 Å². The summed E-state index contributed by atoms with van der Waals surface area (Å²) >= 11 is 0. The average Bonchev–Trinajstić information content (AvgIpc) is 2.61. The lowest BCUT2D eigenvalue weighted by molar-refractivity contribution is -0.215. The zero-order valence-electron chi connectivity index (χ0n) is 13.7.